The van der Waals surface area contributed by atoms with E-state index in [9.17, 15) is 0 Å². The van der Waals surface area contributed by atoms with Crippen molar-refractivity contribution in [2.45, 2.75) is 19.4 Å². The van der Waals surface area contributed by atoms with Gasteiger partial charge in [0.05, 0.1) is 6.33 Å². The number of nitrogens with zero attached hydrogens (tertiary/aromatic N) is 4. The van der Waals surface area contributed by atoms with Crippen LogP contribution >= 0.6 is 0 Å². The van der Waals surface area contributed by atoms with Crippen molar-refractivity contribution in [1.82, 2.24) is 19.4 Å². The third-order valence-electron chi connectivity index (χ3n) is 4.45. The van der Waals surface area contributed by atoms with Crippen molar-refractivity contribution in [1.29, 1.82) is 0 Å². The molecule has 0 N–H and O–H groups in total. The van der Waals surface area contributed by atoms with E-state index in [2.05, 4.69) is 50.7 Å². The lowest BCUT2D eigenvalue weighted by molar-refractivity contribution is 0.153. The molecule has 1 fully saturated rings. The van der Waals surface area contributed by atoms with Gasteiger partial charge in [0, 0.05) is 45.1 Å². The van der Waals surface area contributed by atoms with Crippen LogP contribution in [0.5, 0.6) is 0 Å². The summed E-state index contributed by atoms with van der Waals surface area (Å²) in [5.41, 5.74) is 2.81. The second-order valence-electron chi connectivity index (χ2n) is 6.30. The van der Waals surface area contributed by atoms with Crippen LogP contribution < -0.4 is 0 Å². The summed E-state index contributed by atoms with van der Waals surface area (Å²) in [6, 6.07) is 8.97. The number of hydrogen-bond acceptors (Lipinski definition) is 3. The van der Waals surface area contributed by atoms with Gasteiger partial charge in [-0.2, -0.15) is 0 Å². The predicted molar refractivity (Wildman–Crippen MR) is 90.0 cm³/mol. The minimum Gasteiger partial charge on any atom is -0.333 e. The first-order valence-corrected chi connectivity index (χ1v) is 8.24. The third-order valence-corrected chi connectivity index (χ3v) is 4.45. The van der Waals surface area contributed by atoms with E-state index >= 15 is 0 Å². The van der Waals surface area contributed by atoms with Crippen LogP contribution in [0.2, 0.25) is 0 Å². The van der Waals surface area contributed by atoms with Crippen molar-refractivity contribution < 1.29 is 0 Å². The molecule has 0 amide bonds. The van der Waals surface area contributed by atoms with E-state index in [0.29, 0.717) is 0 Å². The predicted octanol–water partition coefficient (Wildman–Crippen LogP) is 2.11. The molecule has 4 nitrogen and oxygen atoms in total. The zero-order valence-corrected chi connectivity index (χ0v) is 13.5. The van der Waals surface area contributed by atoms with Crippen molar-refractivity contribution in [3.63, 3.8) is 0 Å². The topological polar surface area (TPSA) is 24.3 Å². The quantitative estimate of drug-likeness (QED) is 0.816. The number of benzene rings is 1. The highest BCUT2D eigenvalue weighted by Gasteiger charge is 2.12. The van der Waals surface area contributed by atoms with Gasteiger partial charge in [-0.1, -0.05) is 24.3 Å². The molecule has 1 saturated heterocycles. The van der Waals surface area contributed by atoms with Crippen LogP contribution in [0.15, 0.2) is 43.0 Å². The van der Waals surface area contributed by atoms with Gasteiger partial charge in [-0.15, -0.1) is 0 Å². The molecular formula is C18H26N4. The molecule has 3 rings (SSSR count). The lowest BCUT2D eigenvalue weighted by Gasteiger charge is -2.32. The third kappa shape index (κ3) is 4.42. The van der Waals surface area contributed by atoms with E-state index in [1.165, 1.54) is 56.7 Å². The molecule has 118 valence electrons. The van der Waals surface area contributed by atoms with Crippen LogP contribution in [0, 0.1) is 0 Å². The van der Waals surface area contributed by atoms with Crippen LogP contribution in [0.1, 0.15) is 17.5 Å². The highest BCUT2D eigenvalue weighted by molar-refractivity contribution is 5.24. The number of likely N-dealkylation sites (N-methyl/N-ethyl adjacent to an activating group) is 1. The van der Waals surface area contributed by atoms with Gasteiger partial charge in [0.2, 0.25) is 0 Å². The van der Waals surface area contributed by atoms with E-state index in [1.54, 1.807) is 0 Å². The van der Waals surface area contributed by atoms with Gasteiger partial charge in [-0.05, 0) is 37.6 Å². The average molecular weight is 298 g/mol. The summed E-state index contributed by atoms with van der Waals surface area (Å²) < 4.78 is 2.11. The Morgan fingerprint density at radius 1 is 1.09 bits per heavy atom. The smallest absolute Gasteiger partial charge is 0.0949 e. The molecule has 2 aromatic rings. The number of imidazole rings is 1. The molecule has 0 atom stereocenters. The first kappa shape index (κ1) is 15.3. The standard InChI is InChI=1S/C18H26N4/c1-20-10-12-21(13-11-20)8-3-6-17-4-2-5-18(14-17)15-22-9-7-19-16-22/h2,4-5,7,9,14,16H,3,6,8,10-13,15H2,1H3. The molecular weight excluding hydrogens is 272 g/mol. The largest absolute Gasteiger partial charge is 0.333 e. The van der Waals surface area contributed by atoms with E-state index in [1.807, 2.05) is 18.7 Å². The van der Waals surface area contributed by atoms with E-state index in [0.717, 1.165) is 6.54 Å². The zero-order valence-electron chi connectivity index (χ0n) is 13.5. The van der Waals surface area contributed by atoms with Crippen molar-refractivity contribution in [3.8, 4) is 0 Å². The van der Waals surface area contributed by atoms with Crippen molar-refractivity contribution in [3.05, 3.63) is 54.1 Å². The molecule has 2 heterocycles. The number of aromatic nitrogens is 2. The normalized spacial score (nSPS) is 17.0. The summed E-state index contributed by atoms with van der Waals surface area (Å²) in [5, 5.41) is 0. The average Bonchev–Trinajstić information content (AvgIpc) is 3.03. The van der Waals surface area contributed by atoms with Crippen LogP contribution in [-0.2, 0) is 13.0 Å². The van der Waals surface area contributed by atoms with E-state index in [4.69, 9.17) is 0 Å². The van der Waals surface area contributed by atoms with Crippen LogP contribution in [-0.4, -0.2) is 59.1 Å². The Kier molecular flexibility index (Phi) is 5.24. The molecule has 0 saturated carbocycles. The zero-order chi connectivity index (χ0) is 15.2. The van der Waals surface area contributed by atoms with Crippen LogP contribution in [0.4, 0.5) is 0 Å². The number of piperazine rings is 1. The molecule has 1 aromatic carbocycles. The summed E-state index contributed by atoms with van der Waals surface area (Å²) in [5.74, 6) is 0. The second-order valence-corrected chi connectivity index (χ2v) is 6.30. The van der Waals surface area contributed by atoms with Gasteiger partial charge in [-0.25, -0.2) is 4.98 Å². The molecule has 0 aliphatic carbocycles. The maximum atomic E-state index is 4.10. The summed E-state index contributed by atoms with van der Waals surface area (Å²) in [6.45, 7) is 6.99. The number of hydrogen-bond donors (Lipinski definition) is 0. The monoisotopic (exact) mass is 298 g/mol. The molecule has 0 unspecified atom stereocenters. The Morgan fingerprint density at radius 2 is 1.91 bits per heavy atom. The fourth-order valence-electron chi connectivity index (χ4n) is 3.05. The number of rotatable bonds is 6. The molecule has 22 heavy (non-hydrogen) atoms. The van der Waals surface area contributed by atoms with Gasteiger partial charge >= 0.3 is 0 Å². The van der Waals surface area contributed by atoms with Gasteiger partial charge < -0.3 is 14.4 Å². The Bertz CT molecular complexity index is 556. The summed E-state index contributed by atoms with van der Waals surface area (Å²) in [6.07, 6.45) is 8.14. The molecule has 1 aliphatic rings. The van der Waals surface area contributed by atoms with Crippen molar-refractivity contribution in [2.24, 2.45) is 0 Å². The highest BCUT2D eigenvalue weighted by Crippen LogP contribution is 2.10. The molecule has 1 aliphatic heterocycles. The second kappa shape index (κ2) is 7.56. The maximum Gasteiger partial charge on any atom is 0.0949 e. The van der Waals surface area contributed by atoms with Crippen LogP contribution in [0.3, 0.4) is 0 Å². The lowest BCUT2D eigenvalue weighted by Crippen LogP contribution is -2.44. The Balaban J connectivity index is 1.46. The molecule has 0 bridgehead atoms. The molecule has 4 heteroatoms. The Morgan fingerprint density at radius 3 is 2.68 bits per heavy atom. The Labute approximate surface area is 133 Å². The van der Waals surface area contributed by atoms with Gasteiger partial charge in [0.1, 0.15) is 0 Å². The fourth-order valence-corrected chi connectivity index (χ4v) is 3.05. The van der Waals surface area contributed by atoms with Gasteiger partial charge in [-0.3, -0.25) is 0 Å². The fraction of sp³-hybridized carbons (Fsp3) is 0.500. The van der Waals surface area contributed by atoms with Crippen LogP contribution in [0.25, 0.3) is 0 Å². The lowest BCUT2D eigenvalue weighted by atomic mass is 10.1. The van der Waals surface area contributed by atoms with Crippen molar-refractivity contribution >= 4 is 0 Å². The molecule has 0 radical (unpaired) electrons. The van der Waals surface area contributed by atoms with E-state index in [-0.39, 0.29) is 0 Å². The summed E-state index contributed by atoms with van der Waals surface area (Å²) >= 11 is 0. The SMILES string of the molecule is CN1CCN(CCCc2cccc(Cn3ccnc3)c2)CC1. The van der Waals surface area contributed by atoms with Gasteiger partial charge in [0.25, 0.3) is 0 Å². The molecule has 0 spiro atoms. The van der Waals surface area contributed by atoms with Crippen molar-refractivity contribution in [2.75, 3.05) is 39.8 Å². The maximum absolute atomic E-state index is 4.10. The number of aryl methyl sites for hydroxylation is 1. The minimum atomic E-state index is 0.909. The first-order valence-electron chi connectivity index (χ1n) is 8.24. The van der Waals surface area contributed by atoms with E-state index < -0.39 is 0 Å². The highest BCUT2D eigenvalue weighted by atomic mass is 15.2. The molecule has 1 aromatic heterocycles. The summed E-state index contributed by atoms with van der Waals surface area (Å²) in [7, 11) is 2.21. The Hall–Kier alpha value is -1.65. The first-order chi connectivity index (χ1) is 10.8. The van der Waals surface area contributed by atoms with Gasteiger partial charge in [0.15, 0.2) is 0 Å². The minimum absolute atomic E-state index is 0.909. The summed E-state index contributed by atoms with van der Waals surface area (Å²) in [4.78, 5) is 9.11.